The number of carbonyl (C=O) groups is 1. The van der Waals surface area contributed by atoms with Crippen LogP contribution in [0, 0.1) is 6.92 Å². The number of rotatable bonds is 6. The van der Waals surface area contributed by atoms with Gasteiger partial charge in [0.05, 0.1) is 6.54 Å². The lowest BCUT2D eigenvalue weighted by molar-refractivity contribution is -0.121. The van der Waals surface area contributed by atoms with Crippen LogP contribution < -0.4 is 5.32 Å². The first kappa shape index (κ1) is 11.7. The summed E-state index contributed by atoms with van der Waals surface area (Å²) in [5.74, 6) is 0.712. The summed E-state index contributed by atoms with van der Waals surface area (Å²) < 4.78 is 4.86. The fourth-order valence-corrected chi connectivity index (χ4v) is 1.18. The van der Waals surface area contributed by atoms with Gasteiger partial charge in [-0.3, -0.25) is 4.79 Å². The third-order valence-electron chi connectivity index (χ3n) is 1.96. The molecule has 0 fully saturated rings. The third-order valence-corrected chi connectivity index (χ3v) is 1.96. The molecule has 1 amide bonds. The summed E-state index contributed by atoms with van der Waals surface area (Å²) in [5.41, 5.74) is 0.725. The highest BCUT2D eigenvalue weighted by Crippen LogP contribution is 2.01. The predicted octanol–water partition coefficient (Wildman–Crippen LogP) is 0.762. The Morgan fingerprint density at radius 2 is 2.40 bits per heavy atom. The maximum absolute atomic E-state index is 11.2. The van der Waals surface area contributed by atoms with Gasteiger partial charge >= 0.3 is 0 Å². The van der Waals surface area contributed by atoms with Crippen molar-refractivity contribution in [2.45, 2.75) is 32.7 Å². The minimum Gasteiger partial charge on any atom is -0.396 e. The molecule has 0 radical (unpaired) electrons. The van der Waals surface area contributed by atoms with Crippen molar-refractivity contribution in [3.8, 4) is 0 Å². The number of unbranched alkanes of at least 4 members (excludes halogenated alkanes) is 1. The van der Waals surface area contributed by atoms with Crippen LogP contribution in [0.5, 0.6) is 0 Å². The van der Waals surface area contributed by atoms with Crippen LogP contribution >= 0.6 is 0 Å². The first-order chi connectivity index (χ1) is 7.22. The minimum atomic E-state index is -0.0240. The zero-order valence-corrected chi connectivity index (χ0v) is 8.82. The molecular weight excluding hydrogens is 196 g/mol. The number of aliphatic hydroxyl groups is 1. The summed E-state index contributed by atoms with van der Waals surface area (Å²) in [7, 11) is 0. The van der Waals surface area contributed by atoms with Crippen LogP contribution in [0.3, 0.4) is 0 Å². The van der Waals surface area contributed by atoms with Crippen LogP contribution in [-0.4, -0.2) is 22.8 Å². The second kappa shape index (κ2) is 6.19. The van der Waals surface area contributed by atoms with Gasteiger partial charge in [0, 0.05) is 19.1 Å². The average Bonchev–Trinajstić information content (AvgIpc) is 2.62. The lowest BCUT2D eigenvalue weighted by atomic mass is 10.2. The largest absolute Gasteiger partial charge is 0.396 e. The molecule has 0 spiro atoms. The third kappa shape index (κ3) is 4.60. The Bertz CT molecular complexity index is 309. The van der Waals surface area contributed by atoms with Crippen molar-refractivity contribution in [1.82, 2.24) is 10.5 Å². The number of aromatic nitrogens is 1. The highest BCUT2D eigenvalue weighted by atomic mass is 16.5. The van der Waals surface area contributed by atoms with Crippen LogP contribution in [0.2, 0.25) is 0 Å². The Hall–Kier alpha value is -1.36. The molecule has 1 rings (SSSR count). The van der Waals surface area contributed by atoms with Crippen LogP contribution in [-0.2, 0) is 11.3 Å². The summed E-state index contributed by atoms with van der Waals surface area (Å²) >= 11 is 0. The number of hydrogen-bond donors (Lipinski definition) is 2. The van der Waals surface area contributed by atoms with Gasteiger partial charge in [0.1, 0.15) is 11.5 Å². The quantitative estimate of drug-likeness (QED) is 0.683. The molecule has 0 aromatic carbocycles. The fraction of sp³-hybridized carbons (Fsp3) is 0.600. The van der Waals surface area contributed by atoms with E-state index in [2.05, 4.69) is 10.5 Å². The molecule has 0 atom stereocenters. The van der Waals surface area contributed by atoms with E-state index in [0.29, 0.717) is 25.8 Å². The standard InChI is InChI=1S/C10H16N2O3/c1-8-6-9(12-15-8)7-11-10(14)4-2-3-5-13/h6,13H,2-5,7H2,1H3,(H,11,14). The zero-order chi connectivity index (χ0) is 11.1. The number of aryl methyl sites for hydroxylation is 1. The van der Waals surface area contributed by atoms with Gasteiger partial charge in [-0.1, -0.05) is 5.16 Å². The minimum absolute atomic E-state index is 0.0240. The Morgan fingerprint density at radius 1 is 1.60 bits per heavy atom. The highest BCUT2D eigenvalue weighted by molar-refractivity contribution is 5.75. The molecule has 0 aliphatic carbocycles. The molecule has 1 aromatic heterocycles. The van der Waals surface area contributed by atoms with Crippen LogP contribution in [0.15, 0.2) is 10.6 Å². The molecule has 0 aliphatic rings. The lowest BCUT2D eigenvalue weighted by Gasteiger charge is -2.01. The normalized spacial score (nSPS) is 10.3. The summed E-state index contributed by atoms with van der Waals surface area (Å²) in [6, 6.07) is 1.79. The van der Waals surface area contributed by atoms with Crippen molar-refractivity contribution >= 4 is 5.91 Å². The van der Waals surface area contributed by atoms with Crippen molar-refractivity contribution < 1.29 is 14.4 Å². The number of aliphatic hydroxyl groups excluding tert-OH is 1. The second-order valence-corrected chi connectivity index (χ2v) is 3.39. The van der Waals surface area contributed by atoms with Gasteiger partial charge in [-0.15, -0.1) is 0 Å². The number of hydrogen-bond acceptors (Lipinski definition) is 4. The van der Waals surface area contributed by atoms with E-state index in [1.54, 1.807) is 13.0 Å². The van der Waals surface area contributed by atoms with Crippen LogP contribution in [0.4, 0.5) is 0 Å². The van der Waals surface area contributed by atoms with Gasteiger partial charge in [0.2, 0.25) is 5.91 Å². The number of carbonyl (C=O) groups excluding carboxylic acids is 1. The highest BCUT2D eigenvalue weighted by Gasteiger charge is 2.03. The molecule has 2 N–H and O–H groups in total. The van der Waals surface area contributed by atoms with Gasteiger partial charge in [-0.2, -0.15) is 0 Å². The number of nitrogens with zero attached hydrogens (tertiary/aromatic N) is 1. The van der Waals surface area contributed by atoms with Gasteiger partial charge in [0.15, 0.2) is 0 Å². The average molecular weight is 212 g/mol. The first-order valence-corrected chi connectivity index (χ1v) is 5.02. The Kier molecular flexibility index (Phi) is 4.83. The Morgan fingerprint density at radius 3 is 3.00 bits per heavy atom. The van der Waals surface area contributed by atoms with Crippen LogP contribution in [0.1, 0.15) is 30.7 Å². The van der Waals surface area contributed by atoms with E-state index in [0.717, 1.165) is 11.5 Å². The molecule has 0 aliphatic heterocycles. The molecule has 84 valence electrons. The molecule has 0 unspecified atom stereocenters. The molecule has 0 saturated heterocycles. The Labute approximate surface area is 88.5 Å². The van der Waals surface area contributed by atoms with E-state index in [4.69, 9.17) is 9.63 Å². The molecule has 5 nitrogen and oxygen atoms in total. The first-order valence-electron chi connectivity index (χ1n) is 5.02. The van der Waals surface area contributed by atoms with Crippen molar-refractivity contribution in [3.63, 3.8) is 0 Å². The maximum atomic E-state index is 11.2. The van der Waals surface area contributed by atoms with Gasteiger partial charge < -0.3 is 14.9 Å². The maximum Gasteiger partial charge on any atom is 0.220 e. The summed E-state index contributed by atoms with van der Waals surface area (Å²) in [5, 5.41) is 15.0. The molecular formula is C10H16N2O3. The second-order valence-electron chi connectivity index (χ2n) is 3.39. The van der Waals surface area contributed by atoms with E-state index in [-0.39, 0.29) is 12.5 Å². The number of nitrogens with one attached hydrogen (secondary N) is 1. The van der Waals surface area contributed by atoms with Crippen LogP contribution in [0.25, 0.3) is 0 Å². The van der Waals surface area contributed by atoms with E-state index in [1.807, 2.05) is 0 Å². The van der Waals surface area contributed by atoms with E-state index >= 15 is 0 Å². The van der Waals surface area contributed by atoms with E-state index < -0.39 is 0 Å². The molecule has 5 heteroatoms. The fourth-order valence-electron chi connectivity index (χ4n) is 1.18. The molecule has 1 aromatic rings. The van der Waals surface area contributed by atoms with Gasteiger partial charge in [-0.25, -0.2) is 0 Å². The lowest BCUT2D eigenvalue weighted by Crippen LogP contribution is -2.22. The zero-order valence-electron chi connectivity index (χ0n) is 8.82. The van der Waals surface area contributed by atoms with Crippen molar-refractivity contribution in [3.05, 3.63) is 17.5 Å². The van der Waals surface area contributed by atoms with E-state index in [9.17, 15) is 4.79 Å². The number of amides is 1. The molecule has 0 saturated carbocycles. The molecule has 15 heavy (non-hydrogen) atoms. The Balaban J connectivity index is 2.16. The summed E-state index contributed by atoms with van der Waals surface area (Å²) in [6.07, 6.45) is 1.81. The monoisotopic (exact) mass is 212 g/mol. The van der Waals surface area contributed by atoms with Crippen molar-refractivity contribution in [1.29, 1.82) is 0 Å². The summed E-state index contributed by atoms with van der Waals surface area (Å²) in [4.78, 5) is 11.2. The smallest absolute Gasteiger partial charge is 0.220 e. The van der Waals surface area contributed by atoms with E-state index in [1.165, 1.54) is 0 Å². The molecule has 0 bridgehead atoms. The predicted molar refractivity (Wildman–Crippen MR) is 54.0 cm³/mol. The van der Waals surface area contributed by atoms with Gasteiger partial charge in [0.25, 0.3) is 0 Å². The van der Waals surface area contributed by atoms with Crippen molar-refractivity contribution in [2.75, 3.05) is 6.61 Å². The SMILES string of the molecule is Cc1cc(CNC(=O)CCCCO)no1. The summed E-state index contributed by atoms with van der Waals surface area (Å²) in [6.45, 7) is 2.34. The molecule has 1 heterocycles. The van der Waals surface area contributed by atoms with Crippen molar-refractivity contribution in [2.24, 2.45) is 0 Å². The topological polar surface area (TPSA) is 75.4 Å². The van der Waals surface area contributed by atoms with Gasteiger partial charge in [-0.05, 0) is 19.8 Å².